The van der Waals surface area contributed by atoms with Crippen LogP contribution in [0, 0.1) is 0 Å². The van der Waals surface area contributed by atoms with E-state index in [0.29, 0.717) is 25.2 Å². The van der Waals surface area contributed by atoms with Crippen molar-refractivity contribution < 1.29 is 14.3 Å². The van der Waals surface area contributed by atoms with Crippen molar-refractivity contribution in [2.45, 2.75) is 18.7 Å². The Bertz CT molecular complexity index is 791. The highest BCUT2D eigenvalue weighted by molar-refractivity contribution is 5.94. The molecule has 2 atom stereocenters. The van der Waals surface area contributed by atoms with Crippen molar-refractivity contribution in [1.29, 1.82) is 0 Å². The van der Waals surface area contributed by atoms with E-state index in [9.17, 15) is 9.59 Å². The number of hydrogen-bond acceptors (Lipinski definition) is 5. The number of imidazole rings is 1. The molecule has 2 aromatic rings. The van der Waals surface area contributed by atoms with Crippen LogP contribution in [0.3, 0.4) is 0 Å². The first-order valence-corrected chi connectivity index (χ1v) is 8.20. The normalized spacial score (nSPS) is 23.0. The summed E-state index contributed by atoms with van der Waals surface area (Å²) in [6, 6.07) is 3.33. The molecule has 0 saturated carbocycles. The van der Waals surface area contributed by atoms with Crippen LogP contribution in [0.1, 0.15) is 16.2 Å². The molecular weight excluding hydrogens is 322 g/mol. The number of aryl methyl sites for hydroxylation is 1. The van der Waals surface area contributed by atoms with E-state index in [-0.39, 0.29) is 30.6 Å². The van der Waals surface area contributed by atoms with Crippen LogP contribution in [0.2, 0.25) is 0 Å². The molecule has 0 bridgehead atoms. The summed E-state index contributed by atoms with van der Waals surface area (Å²) in [5, 5.41) is 0. The van der Waals surface area contributed by atoms with Crippen LogP contribution in [-0.4, -0.2) is 68.0 Å². The topological polar surface area (TPSA) is 80.6 Å². The van der Waals surface area contributed by atoms with E-state index in [1.165, 1.54) is 0 Å². The third kappa shape index (κ3) is 2.89. The van der Waals surface area contributed by atoms with Gasteiger partial charge in [0.05, 0.1) is 24.3 Å². The van der Waals surface area contributed by atoms with Gasteiger partial charge in [-0.15, -0.1) is 0 Å². The zero-order valence-corrected chi connectivity index (χ0v) is 13.9. The average Bonchev–Trinajstić information content (AvgIpc) is 3.24. The van der Waals surface area contributed by atoms with Gasteiger partial charge in [-0.05, 0) is 12.1 Å². The van der Waals surface area contributed by atoms with Crippen LogP contribution in [0.5, 0.6) is 0 Å². The van der Waals surface area contributed by atoms with E-state index in [1.54, 1.807) is 40.5 Å². The Kier molecular flexibility index (Phi) is 3.96. The summed E-state index contributed by atoms with van der Waals surface area (Å²) < 4.78 is 7.58. The molecule has 0 aromatic carbocycles. The van der Waals surface area contributed by atoms with E-state index >= 15 is 0 Å². The monoisotopic (exact) mass is 341 g/mol. The van der Waals surface area contributed by atoms with E-state index in [4.69, 9.17) is 4.74 Å². The number of hydrogen-bond donors (Lipinski definition) is 0. The van der Waals surface area contributed by atoms with E-state index in [0.717, 1.165) is 5.82 Å². The van der Waals surface area contributed by atoms with E-state index < -0.39 is 0 Å². The molecule has 0 unspecified atom stereocenters. The summed E-state index contributed by atoms with van der Waals surface area (Å²) in [5.41, 5.74) is 0.545. The highest BCUT2D eigenvalue weighted by Crippen LogP contribution is 2.26. The van der Waals surface area contributed by atoms with Crippen LogP contribution in [-0.2, 0) is 23.1 Å². The van der Waals surface area contributed by atoms with Crippen LogP contribution < -0.4 is 0 Å². The zero-order chi connectivity index (χ0) is 17.4. The van der Waals surface area contributed by atoms with Crippen LogP contribution >= 0.6 is 0 Å². The van der Waals surface area contributed by atoms with Gasteiger partial charge in [0.1, 0.15) is 12.4 Å². The Hall–Kier alpha value is -2.74. The van der Waals surface area contributed by atoms with Gasteiger partial charge in [-0.3, -0.25) is 14.6 Å². The van der Waals surface area contributed by atoms with Gasteiger partial charge in [0.2, 0.25) is 5.91 Å². The first-order chi connectivity index (χ1) is 12.1. The first-order valence-electron chi connectivity index (χ1n) is 8.20. The minimum Gasteiger partial charge on any atom is -0.364 e. The molecule has 2 fully saturated rings. The predicted octanol–water partition coefficient (Wildman–Crippen LogP) is 0.0671. The number of likely N-dealkylation sites (tertiary alicyclic amines) is 1. The Balaban J connectivity index is 1.53. The van der Waals surface area contributed by atoms with Crippen LogP contribution in [0.15, 0.2) is 36.9 Å². The summed E-state index contributed by atoms with van der Waals surface area (Å²) in [4.78, 5) is 36.8. The van der Waals surface area contributed by atoms with Gasteiger partial charge >= 0.3 is 0 Å². The molecule has 8 nitrogen and oxygen atoms in total. The molecule has 2 aliphatic heterocycles. The lowest BCUT2D eigenvalue weighted by atomic mass is 10.1. The van der Waals surface area contributed by atoms with Crippen molar-refractivity contribution in [3.8, 4) is 0 Å². The van der Waals surface area contributed by atoms with Gasteiger partial charge in [-0.25, -0.2) is 4.98 Å². The number of aromatic nitrogens is 3. The predicted molar refractivity (Wildman–Crippen MR) is 87.4 cm³/mol. The second-order valence-corrected chi connectivity index (χ2v) is 6.34. The van der Waals surface area contributed by atoms with Crippen molar-refractivity contribution in [2.75, 3.05) is 19.7 Å². The lowest BCUT2D eigenvalue weighted by Gasteiger charge is -2.36. The van der Waals surface area contributed by atoms with Gasteiger partial charge < -0.3 is 19.1 Å². The number of ether oxygens (including phenoxy) is 1. The molecule has 4 heterocycles. The smallest absolute Gasteiger partial charge is 0.255 e. The number of rotatable bonds is 3. The molecule has 0 N–H and O–H groups in total. The molecule has 4 rings (SSSR count). The van der Waals surface area contributed by atoms with Crippen LogP contribution in [0.25, 0.3) is 0 Å². The average molecular weight is 341 g/mol. The SMILES string of the molecule is Cn1ccnc1CN1C(=O)CO[C@H]2CN(C(=O)c3cccnc3)C[C@H]21. The number of morpholine rings is 1. The molecule has 2 amide bonds. The first kappa shape index (κ1) is 15.8. The Morgan fingerprint density at radius 2 is 2.24 bits per heavy atom. The van der Waals surface area contributed by atoms with Crippen LogP contribution in [0.4, 0.5) is 0 Å². The molecule has 0 spiro atoms. The summed E-state index contributed by atoms with van der Waals surface area (Å²) in [6.45, 7) is 1.39. The van der Waals surface area contributed by atoms with E-state index in [2.05, 4.69) is 9.97 Å². The Labute approximate surface area is 145 Å². The molecule has 2 aromatic heterocycles. The maximum atomic E-state index is 12.7. The molecular formula is C17H19N5O3. The van der Waals surface area contributed by atoms with Gasteiger partial charge in [0.15, 0.2) is 0 Å². The van der Waals surface area contributed by atoms with Crippen molar-refractivity contribution in [2.24, 2.45) is 7.05 Å². The summed E-state index contributed by atoms with van der Waals surface area (Å²) >= 11 is 0. The molecule has 130 valence electrons. The maximum Gasteiger partial charge on any atom is 0.255 e. The largest absolute Gasteiger partial charge is 0.364 e. The number of carbonyl (C=O) groups excluding carboxylic acids is 2. The fourth-order valence-electron chi connectivity index (χ4n) is 3.41. The minimum absolute atomic E-state index is 0.0422. The Morgan fingerprint density at radius 3 is 2.96 bits per heavy atom. The Morgan fingerprint density at radius 1 is 1.36 bits per heavy atom. The second-order valence-electron chi connectivity index (χ2n) is 6.34. The van der Waals surface area contributed by atoms with Gasteiger partial charge in [-0.2, -0.15) is 0 Å². The molecule has 2 saturated heterocycles. The lowest BCUT2D eigenvalue weighted by Crippen LogP contribution is -2.53. The number of pyridine rings is 1. The second kappa shape index (κ2) is 6.29. The van der Waals surface area contributed by atoms with Gasteiger partial charge in [0.25, 0.3) is 5.91 Å². The number of fused-ring (bicyclic) bond motifs is 1. The maximum absolute atomic E-state index is 12.7. The fourth-order valence-corrected chi connectivity index (χ4v) is 3.41. The highest BCUT2D eigenvalue weighted by atomic mass is 16.5. The highest BCUT2D eigenvalue weighted by Gasteiger charge is 2.45. The lowest BCUT2D eigenvalue weighted by molar-refractivity contribution is -0.154. The number of carbonyl (C=O) groups is 2. The van der Waals surface area contributed by atoms with Crippen molar-refractivity contribution in [1.82, 2.24) is 24.3 Å². The molecule has 2 aliphatic rings. The summed E-state index contributed by atoms with van der Waals surface area (Å²) in [6.07, 6.45) is 6.59. The summed E-state index contributed by atoms with van der Waals surface area (Å²) in [7, 11) is 1.90. The molecule has 8 heteroatoms. The third-order valence-corrected chi connectivity index (χ3v) is 4.81. The van der Waals surface area contributed by atoms with Crippen molar-refractivity contribution in [3.63, 3.8) is 0 Å². The minimum atomic E-state index is -0.168. The van der Waals surface area contributed by atoms with Crippen molar-refractivity contribution >= 4 is 11.8 Å². The quantitative estimate of drug-likeness (QED) is 0.789. The van der Waals surface area contributed by atoms with Gasteiger partial charge in [-0.1, -0.05) is 0 Å². The molecule has 25 heavy (non-hydrogen) atoms. The van der Waals surface area contributed by atoms with Crippen molar-refractivity contribution in [3.05, 3.63) is 48.3 Å². The zero-order valence-electron chi connectivity index (χ0n) is 13.9. The molecule has 0 radical (unpaired) electrons. The number of nitrogens with zero attached hydrogens (tertiary/aromatic N) is 5. The fraction of sp³-hybridized carbons (Fsp3) is 0.412. The number of amides is 2. The van der Waals surface area contributed by atoms with Gasteiger partial charge in [0, 0.05) is 44.9 Å². The summed E-state index contributed by atoms with van der Waals surface area (Å²) in [5.74, 6) is 0.654. The third-order valence-electron chi connectivity index (χ3n) is 4.81. The standard InChI is InChI=1S/C17H19N5O3/c1-20-6-5-19-15(20)10-22-13-8-21(9-14(13)25-11-16(22)23)17(24)12-3-2-4-18-7-12/h2-7,13-14H,8-11H2,1H3/t13-,14+/m1/s1. The van der Waals surface area contributed by atoms with E-state index in [1.807, 2.05) is 17.8 Å². The molecule has 0 aliphatic carbocycles.